The van der Waals surface area contributed by atoms with Crippen LogP contribution in [0.25, 0.3) is 0 Å². The summed E-state index contributed by atoms with van der Waals surface area (Å²) >= 11 is 0. The van der Waals surface area contributed by atoms with Crippen molar-refractivity contribution in [1.82, 2.24) is 0 Å². The molecular weight excluding hydrogens is 328 g/mol. The summed E-state index contributed by atoms with van der Waals surface area (Å²) in [5, 5.41) is 12.7. The van der Waals surface area contributed by atoms with Gasteiger partial charge in [0.1, 0.15) is 5.75 Å². The number of phenols is 1. The number of carbonyl (C=O) groups excluding carboxylic acids is 2. The SMILES string of the molecule is Cc1ccc(NC(=O)C2CC(=O)N(c3ccc4c(c3)CCC4)C2)c(O)c1. The molecule has 5 nitrogen and oxygen atoms in total. The minimum absolute atomic E-state index is 0.0313. The Labute approximate surface area is 152 Å². The van der Waals surface area contributed by atoms with Crippen molar-refractivity contribution in [1.29, 1.82) is 0 Å². The fourth-order valence-corrected chi connectivity index (χ4v) is 3.84. The highest BCUT2D eigenvalue weighted by Crippen LogP contribution is 2.31. The van der Waals surface area contributed by atoms with Gasteiger partial charge in [0.25, 0.3) is 0 Å². The molecule has 5 heteroatoms. The summed E-state index contributed by atoms with van der Waals surface area (Å²) < 4.78 is 0. The van der Waals surface area contributed by atoms with Crippen molar-refractivity contribution < 1.29 is 14.7 Å². The molecule has 1 aliphatic carbocycles. The molecule has 2 amide bonds. The van der Waals surface area contributed by atoms with E-state index in [0.29, 0.717) is 12.2 Å². The number of fused-ring (bicyclic) bond motifs is 1. The van der Waals surface area contributed by atoms with E-state index in [4.69, 9.17) is 0 Å². The molecule has 26 heavy (non-hydrogen) atoms. The third kappa shape index (κ3) is 3.05. The van der Waals surface area contributed by atoms with E-state index in [1.54, 1.807) is 17.0 Å². The first-order valence-corrected chi connectivity index (χ1v) is 9.04. The maximum atomic E-state index is 12.6. The van der Waals surface area contributed by atoms with E-state index < -0.39 is 5.92 Å². The Balaban J connectivity index is 1.48. The lowest BCUT2D eigenvalue weighted by Gasteiger charge is -2.18. The van der Waals surface area contributed by atoms with Gasteiger partial charge in [-0.3, -0.25) is 9.59 Å². The third-order valence-electron chi connectivity index (χ3n) is 5.30. The largest absolute Gasteiger partial charge is 0.506 e. The summed E-state index contributed by atoms with van der Waals surface area (Å²) in [6, 6.07) is 11.3. The Kier molecular flexibility index (Phi) is 4.15. The topological polar surface area (TPSA) is 69.6 Å². The van der Waals surface area contributed by atoms with Crippen molar-refractivity contribution in [2.75, 3.05) is 16.8 Å². The second kappa shape index (κ2) is 6.48. The van der Waals surface area contributed by atoms with Gasteiger partial charge in [0.15, 0.2) is 0 Å². The van der Waals surface area contributed by atoms with Gasteiger partial charge in [0, 0.05) is 18.7 Å². The van der Waals surface area contributed by atoms with Crippen molar-refractivity contribution in [3.8, 4) is 5.75 Å². The highest BCUT2D eigenvalue weighted by molar-refractivity contribution is 6.04. The van der Waals surface area contributed by atoms with Crippen molar-refractivity contribution in [3.63, 3.8) is 0 Å². The second-order valence-corrected chi connectivity index (χ2v) is 7.22. The molecule has 0 aromatic heterocycles. The summed E-state index contributed by atoms with van der Waals surface area (Å²) in [5.74, 6) is -0.646. The molecule has 134 valence electrons. The molecule has 2 N–H and O–H groups in total. The fraction of sp³-hybridized carbons (Fsp3) is 0.333. The Morgan fingerprint density at radius 2 is 1.96 bits per heavy atom. The zero-order chi connectivity index (χ0) is 18.3. The van der Waals surface area contributed by atoms with Gasteiger partial charge in [-0.15, -0.1) is 0 Å². The van der Waals surface area contributed by atoms with Gasteiger partial charge in [0.05, 0.1) is 11.6 Å². The van der Waals surface area contributed by atoms with Crippen molar-refractivity contribution in [3.05, 3.63) is 53.1 Å². The first kappa shape index (κ1) is 16.6. The van der Waals surface area contributed by atoms with Crippen LogP contribution in [0.15, 0.2) is 36.4 Å². The Morgan fingerprint density at radius 3 is 2.77 bits per heavy atom. The predicted molar refractivity (Wildman–Crippen MR) is 100 cm³/mol. The minimum Gasteiger partial charge on any atom is -0.506 e. The van der Waals surface area contributed by atoms with Crippen LogP contribution in [-0.4, -0.2) is 23.5 Å². The van der Waals surface area contributed by atoms with Crippen LogP contribution in [0, 0.1) is 12.8 Å². The van der Waals surface area contributed by atoms with Gasteiger partial charge in [-0.2, -0.15) is 0 Å². The maximum Gasteiger partial charge on any atom is 0.229 e. The number of aryl methyl sites for hydroxylation is 3. The lowest BCUT2D eigenvalue weighted by Crippen LogP contribution is -2.28. The van der Waals surface area contributed by atoms with E-state index in [1.165, 1.54) is 11.1 Å². The summed E-state index contributed by atoms with van der Waals surface area (Å²) in [6.07, 6.45) is 3.52. The number of hydrogen-bond acceptors (Lipinski definition) is 3. The molecule has 2 aliphatic rings. The van der Waals surface area contributed by atoms with Gasteiger partial charge in [-0.1, -0.05) is 12.1 Å². The van der Waals surface area contributed by atoms with Gasteiger partial charge >= 0.3 is 0 Å². The first-order valence-electron chi connectivity index (χ1n) is 9.04. The van der Waals surface area contributed by atoms with Crippen LogP contribution in [0.5, 0.6) is 5.75 Å². The van der Waals surface area contributed by atoms with Crippen molar-refractivity contribution in [2.45, 2.75) is 32.6 Å². The molecule has 1 atom stereocenters. The van der Waals surface area contributed by atoms with Crippen LogP contribution in [0.2, 0.25) is 0 Å². The second-order valence-electron chi connectivity index (χ2n) is 7.22. The van der Waals surface area contributed by atoms with E-state index in [1.807, 2.05) is 19.1 Å². The zero-order valence-electron chi connectivity index (χ0n) is 14.8. The van der Waals surface area contributed by atoms with Gasteiger partial charge in [-0.05, 0) is 67.1 Å². The van der Waals surface area contributed by atoms with Crippen LogP contribution in [0.1, 0.15) is 29.5 Å². The number of carbonyl (C=O) groups is 2. The fourth-order valence-electron chi connectivity index (χ4n) is 3.84. The Bertz CT molecular complexity index is 891. The molecule has 0 radical (unpaired) electrons. The molecule has 1 aliphatic heterocycles. The third-order valence-corrected chi connectivity index (χ3v) is 5.30. The molecule has 4 rings (SSSR count). The van der Waals surface area contributed by atoms with E-state index in [-0.39, 0.29) is 24.0 Å². The van der Waals surface area contributed by atoms with Crippen LogP contribution >= 0.6 is 0 Å². The number of hydrogen-bond donors (Lipinski definition) is 2. The van der Waals surface area contributed by atoms with E-state index in [2.05, 4.69) is 17.4 Å². The monoisotopic (exact) mass is 350 g/mol. The molecule has 2 aromatic carbocycles. The normalized spacial score (nSPS) is 18.9. The van der Waals surface area contributed by atoms with Crippen molar-refractivity contribution >= 4 is 23.2 Å². The molecule has 1 fully saturated rings. The van der Waals surface area contributed by atoms with Crippen LogP contribution in [-0.2, 0) is 22.4 Å². The van der Waals surface area contributed by atoms with Crippen LogP contribution in [0.3, 0.4) is 0 Å². The number of nitrogens with one attached hydrogen (secondary N) is 1. The lowest BCUT2D eigenvalue weighted by molar-refractivity contribution is -0.122. The molecule has 1 saturated heterocycles. The number of benzene rings is 2. The van der Waals surface area contributed by atoms with Crippen molar-refractivity contribution in [2.24, 2.45) is 5.92 Å². The number of phenolic OH excluding ortho intramolecular Hbond substituents is 1. The molecule has 2 aromatic rings. The predicted octanol–water partition coefficient (Wildman–Crippen LogP) is 3.18. The molecule has 1 unspecified atom stereocenters. The Hall–Kier alpha value is -2.82. The number of nitrogens with zero attached hydrogens (tertiary/aromatic N) is 1. The van der Waals surface area contributed by atoms with Crippen LogP contribution in [0.4, 0.5) is 11.4 Å². The molecular formula is C21H22N2O3. The number of amides is 2. The summed E-state index contributed by atoms with van der Waals surface area (Å²) in [7, 11) is 0. The van der Waals surface area contributed by atoms with Gasteiger partial charge in [0.2, 0.25) is 11.8 Å². The highest BCUT2D eigenvalue weighted by Gasteiger charge is 2.35. The summed E-state index contributed by atoms with van der Waals surface area (Å²) in [6.45, 7) is 2.24. The van der Waals surface area contributed by atoms with E-state index in [9.17, 15) is 14.7 Å². The molecule has 0 saturated carbocycles. The van der Waals surface area contributed by atoms with E-state index >= 15 is 0 Å². The first-order chi connectivity index (χ1) is 12.5. The molecule has 0 bridgehead atoms. The lowest BCUT2D eigenvalue weighted by atomic mass is 10.1. The smallest absolute Gasteiger partial charge is 0.229 e. The standard InChI is InChI=1S/C21H22N2O3/c1-13-5-8-18(19(24)9-13)22-21(26)16-11-20(25)23(12-16)17-7-6-14-3-2-4-15(14)10-17/h5-10,16,24H,2-4,11-12H2,1H3,(H,22,26). The summed E-state index contributed by atoms with van der Waals surface area (Å²) in [4.78, 5) is 26.7. The average Bonchev–Trinajstić information content (AvgIpc) is 3.23. The highest BCUT2D eigenvalue weighted by atomic mass is 16.3. The zero-order valence-corrected chi connectivity index (χ0v) is 14.8. The quantitative estimate of drug-likeness (QED) is 0.836. The van der Waals surface area contributed by atoms with Gasteiger partial charge < -0.3 is 15.3 Å². The molecule has 1 heterocycles. The Morgan fingerprint density at radius 1 is 1.15 bits per heavy atom. The number of rotatable bonds is 3. The number of anilines is 2. The molecule has 0 spiro atoms. The van der Waals surface area contributed by atoms with E-state index in [0.717, 1.165) is 30.5 Å². The minimum atomic E-state index is -0.420. The van der Waals surface area contributed by atoms with Crippen LogP contribution < -0.4 is 10.2 Å². The van der Waals surface area contributed by atoms with Gasteiger partial charge in [-0.25, -0.2) is 0 Å². The average molecular weight is 350 g/mol. The number of aromatic hydroxyl groups is 1. The summed E-state index contributed by atoms with van der Waals surface area (Å²) in [5.41, 5.74) is 4.85. The maximum absolute atomic E-state index is 12.6.